The third-order valence-corrected chi connectivity index (χ3v) is 4.06. The smallest absolute Gasteiger partial charge is 0.247 e. The summed E-state index contributed by atoms with van der Waals surface area (Å²) in [5.41, 5.74) is 3.98. The fraction of sp³-hybridized carbons (Fsp3) is 0.263. The van der Waals surface area contributed by atoms with Gasteiger partial charge in [-0.3, -0.25) is 9.48 Å². The first-order chi connectivity index (χ1) is 12.6. The van der Waals surface area contributed by atoms with Crippen LogP contribution in [0.5, 0.6) is 0 Å². The van der Waals surface area contributed by atoms with E-state index in [1.54, 1.807) is 4.68 Å². The van der Waals surface area contributed by atoms with Crippen LogP contribution in [0.1, 0.15) is 29.4 Å². The van der Waals surface area contributed by atoms with Crippen LogP contribution in [-0.4, -0.2) is 30.7 Å². The van der Waals surface area contributed by atoms with Crippen molar-refractivity contribution in [2.24, 2.45) is 0 Å². The molecule has 0 saturated heterocycles. The molecule has 3 aromatic rings. The molecule has 0 aliphatic heterocycles. The maximum atomic E-state index is 12.3. The highest BCUT2D eigenvalue weighted by Gasteiger charge is 2.13. The van der Waals surface area contributed by atoms with E-state index in [9.17, 15) is 4.79 Å². The van der Waals surface area contributed by atoms with Crippen LogP contribution in [0.2, 0.25) is 0 Å². The van der Waals surface area contributed by atoms with Gasteiger partial charge in [-0.05, 0) is 26.3 Å². The molecule has 0 radical (unpaired) electrons. The molecular weight excluding hydrogens is 328 g/mol. The number of benzene rings is 1. The van der Waals surface area contributed by atoms with Gasteiger partial charge in [0.15, 0.2) is 5.82 Å². The second kappa shape index (κ2) is 7.77. The van der Waals surface area contributed by atoms with E-state index in [0.717, 1.165) is 22.5 Å². The number of hydrogen-bond donors (Lipinski definition) is 1. The van der Waals surface area contributed by atoms with E-state index in [1.165, 1.54) is 11.0 Å². The summed E-state index contributed by atoms with van der Waals surface area (Å²) < 4.78 is 1.71. The van der Waals surface area contributed by atoms with E-state index < -0.39 is 0 Å². The molecular formula is C19H22N6O. The van der Waals surface area contributed by atoms with E-state index in [2.05, 4.69) is 20.6 Å². The minimum atomic E-state index is -0.183. The molecule has 0 saturated carbocycles. The first kappa shape index (κ1) is 17.6. The van der Waals surface area contributed by atoms with Crippen molar-refractivity contribution in [2.45, 2.75) is 33.9 Å². The van der Waals surface area contributed by atoms with Crippen LogP contribution < -0.4 is 5.32 Å². The molecule has 7 heteroatoms. The van der Waals surface area contributed by atoms with Crippen molar-refractivity contribution < 1.29 is 4.79 Å². The number of hydrogen-bond acceptors (Lipinski definition) is 4. The highest BCUT2D eigenvalue weighted by Crippen LogP contribution is 2.17. The van der Waals surface area contributed by atoms with E-state index in [-0.39, 0.29) is 12.5 Å². The minimum absolute atomic E-state index is 0.130. The zero-order valence-electron chi connectivity index (χ0n) is 15.2. The Labute approximate surface area is 152 Å². The van der Waals surface area contributed by atoms with Crippen molar-refractivity contribution in [3.8, 4) is 0 Å². The van der Waals surface area contributed by atoms with Crippen molar-refractivity contribution in [2.75, 3.05) is 5.32 Å². The van der Waals surface area contributed by atoms with Gasteiger partial charge in [0.25, 0.3) is 0 Å². The lowest BCUT2D eigenvalue weighted by molar-refractivity contribution is -0.117. The number of amides is 1. The van der Waals surface area contributed by atoms with E-state index >= 15 is 0 Å². The molecule has 26 heavy (non-hydrogen) atoms. The zero-order valence-corrected chi connectivity index (χ0v) is 15.2. The summed E-state index contributed by atoms with van der Waals surface area (Å²) in [6, 6.07) is 10.1. The monoisotopic (exact) mass is 350 g/mol. The average molecular weight is 350 g/mol. The topological polar surface area (TPSA) is 77.6 Å². The molecule has 1 amide bonds. The summed E-state index contributed by atoms with van der Waals surface area (Å²) in [5.74, 6) is 0.264. The van der Waals surface area contributed by atoms with Gasteiger partial charge < -0.3 is 5.32 Å². The van der Waals surface area contributed by atoms with Crippen molar-refractivity contribution in [1.29, 1.82) is 0 Å². The summed E-state index contributed by atoms with van der Waals surface area (Å²) in [4.78, 5) is 13.8. The van der Waals surface area contributed by atoms with Crippen LogP contribution in [0.15, 0.2) is 36.5 Å². The molecule has 3 rings (SSSR count). The molecule has 2 aromatic heterocycles. The van der Waals surface area contributed by atoms with Crippen molar-refractivity contribution in [3.05, 3.63) is 59.0 Å². The number of nitrogens with zero attached hydrogens (tertiary/aromatic N) is 5. The molecule has 0 spiro atoms. The van der Waals surface area contributed by atoms with Gasteiger partial charge in [0.2, 0.25) is 5.91 Å². The van der Waals surface area contributed by atoms with Crippen LogP contribution in [0, 0.1) is 13.8 Å². The van der Waals surface area contributed by atoms with E-state index in [1.807, 2.05) is 63.3 Å². The maximum Gasteiger partial charge on any atom is 0.247 e. The van der Waals surface area contributed by atoms with Crippen molar-refractivity contribution in [3.63, 3.8) is 0 Å². The molecule has 1 aromatic carbocycles. The second-order valence-corrected chi connectivity index (χ2v) is 5.95. The largest absolute Gasteiger partial charge is 0.306 e. The van der Waals surface area contributed by atoms with Gasteiger partial charge >= 0.3 is 0 Å². The predicted molar refractivity (Wildman–Crippen MR) is 101 cm³/mol. The Morgan fingerprint density at radius 1 is 1.15 bits per heavy atom. The number of carbonyl (C=O) groups excluding carboxylic acids is 1. The quantitative estimate of drug-likeness (QED) is 0.741. The lowest BCUT2D eigenvalue weighted by atomic mass is 10.1. The molecule has 2 heterocycles. The van der Waals surface area contributed by atoms with Gasteiger partial charge in [-0.1, -0.05) is 42.5 Å². The molecule has 0 bridgehead atoms. The van der Waals surface area contributed by atoms with Gasteiger partial charge in [-0.15, -0.1) is 5.10 Å². The fourth-order valence-corrected chi connectivity index (χ4v) is 2.67. The zero-order chi connectivity index (χ0) is 18.5. The van der Waals surface area contributed by atoms with Gasteiger partial charge in [-0.2, -0.15) is 15.0 Å². The average Bonchev–Trinajstić information content (AvgIpc) is 3.19. The number of carbonyl (C=O) groups is 1. The maximum absolute atomic E-state index is 12.3. The van der Waals surface area contributed by atoms with Crippen LogP contribution in [0.3, 0.4) is 0 Å². The molecule has 0 aliphatic carbocycles. The fourth-order valence-electron chi connectivity index (χ4n) is 2.67. The molecule has 0 aliphatic rings. The Bertz CT molecular complexity index is 923. The van der Waals surface area contributed by atoms with Gasteiger partial charge in [-0.25, -0.2) is 0 Å². The number of nitrogens with one attached hydrogen (secondary N) is 1. The molecule has 134 valence electrons. The highest BCUT2D eigenvalue weighted by atomic mass is 16.2. The standard InChI is InChI=1S/C19H22N6O/c1-4-25-20-12-18(23-25)21-19(26)13-24-15(3)17(14(2)22-24)11-10-16-8-6-5-7-9-16/h5-12H,4,13H2,1-3H3,(H,21,23,26). The van der Waals surface area contributed by atoms with Crippen LogP contribution in [0.25, 0.3) is 12.2 Å². The van der Waals surface area contributed by atoms with E-state index in [0.29, 0.717) is 12.4 Å². The molecule has 7 nitrogen and oxygen atoms in total. The lowest BCUT2D eigenvalue weighted by Crippen LogP contribution is -2.20. The first-order valence-corrected chi connectivity index (χ1v) is 8.54. The Kier molecular flexibility index (Phi) is 5.26. The molecule has 0 atom stereocenters. The number of anilines is 1. The summed E-state index contributed by atoms with van der Waals surface area (Å²) in [7, 11) is 0. The Morgan fingerprint density at radius 3 is 2.62 bits per heavy atom. The van der Waals surface area contributed by atoms with Gasteiger partial charge in [0.1, 0.15) is 6.54 Å². The number of aromatic nitrogens is 5. The number of rotatable bonds is 6. The molecule has 0 fully saturated rings. The Balaban J connectivity index is 1.71. The summed E-state index contributed by atoms with van der Waals surface area (Å²) in [6.45, 7) is 6.63. The van der Waals surface area contributed by atoms with Crippen LogP contribution >= 0.6 is 0 Å². The summed E-state index contributed by atoms with van der Waals surface area (Å²) >= 11 is 0. The normalized spacial score (nSPS) is 11.2. The van der Waals surface area contributed by atoms with Crippen LogP contribution in [-0.2, 0) is 17.9 Å². The third-order valence-electron chi connectivity index (χ3n) is 4.06. The predicted octanol–water partition coefficient (Wildman–Crippen LogP) is 2.92. The van der Waals surface area contributed by atoms with Crippen molar-refractivity contribution >= 4 is 23.9 Å². The second-order valence-electron chi connectivity index (χ2n) is 5.95. The third kappa shape index (κ3) is 4.05. The highest BCUT2D eigenvalue weighted by molar-refractivity contribution is 5.89. The molecule has 1 N–H and O–H groups in total. The first-order valence-electron chi connectivity index (χ1n) is 8.54. The summed E-state index contributed by atoms with van der Waals surface area (Å²) in [5, 5.41) is 15.4. The Hall–Kier alpha value is -3.22. The number of aryl methyl sites for hydroxylation is 2. The summed E-state index contributed by atoms with van der Waals surface area (Å²) in [6.07, 6.45) is 5.62. The van der Waals surface area contributed by atoms with E-state index in [4.69, 9.17) is 0 Å². The van der Waals surface area contributed by atoms with Crippen LogP contribution in [0.4, 0.5) is 5.82 Å². The van der Waals surface area contributed by atoms with Crippen molar-refractivity contribution in [1.82, 2.24) is 24.8 Å². The minimum Gasteiger partial charge on any atom is -0.306 e. The van der Waals surface area contributed by atoms with Gasteiger partial charge in [0, 0.05) is 11.3 Å². The Morgan fingerprint density at radius 2 is 1.92 bits per heavy atom. The molecule has 0 unspecified atom stereocenters. The van der Waals surface area contributed by atoms with Gasteiger partial charge in [0.05, 0.1) is 18.4 Å². The SMILES string of the molecule is CCn1ncc(NC(=O)Cn2nc(C)c(C=Cc3ccccc3)c2C)n1. The lowest BCUT2D eigenvalue weighted by Gasteiger charge is -2.04.